The van der Waals surface area contributed by atoms with Gasteiger partial charge in [0.1, 0.15) is 6.04 Å². The molecule has 0 aliphatic carbocycles. The number of nitrogens with one attached hydrogen (secondary N) is 2. The van der Waals surface area contributed by atoms with Gasteiger partial charge in [0.05, 0.1) is 6.61 Å². The number of hydrogen-bond donors (Lipinski definition) is 4. The zero-order valence-corrected chi connectivity index (χ0v) is 15.3. The fraction of sp³-hybridized carbons (Fsp3) is 0.167. The molecule has 5 N–H and O–H groups in total. The Hall–Kier alpha value is -2.48. The van der Waals surface area contributed by atoms with Crippen molar-refractivity contribution in [2.24, 2.45) is 5.50 Å². The van der Waals surface area contributed by atoms with Crippen molar-refractivity contribution in [3.05, 3.63) is 71.9 Å². The van der Waals surface area contributed by atoms with Crippen molar-refractivity contribution in [2.75, 3.05) is 0 Å². The standard InChI is InChI=1S/C18H20N3O5P/c19-27(23,24)26-18(22)17(21-25-12-13-6-2-1-3-7-13)10-14-11-20-16-9-5-4-8-15(14)16/h1-9,11,17,20-21H,10,12H2,(H3,19,23,24)/t17-/m1/s1. The minimum absolute atomic E-state index is 0.178. The normalized spacial score (nSPS) is 14.6. The van der Waals surface area contributed by atoms with E-state index in [1.165, 1.54) is 0 Å². The number of hydroxylamine groups is 1. The van der Waals surface area contributed by atoms with Gasteiger partial charge in [0.15, 0.2) is 0 Å². The lowest BCUT2D eigenvalue weighted by Gasteiger charge is -2.18. The van der Waals surface area contributed by atoms with Gasteiger partial charge in [-0.1, -0.05) is 48.5 Å². The maximum atomic E-state index is 12.3. The van der Waals surface area contributed by atoms with E-state index in [0.717, 1.165) is 22.0 Å². The molecule has 0 spiro atoms. The highest BCUT2D eigenvalue weighted by Crippen LogP contribution is 2.32. The number of nitrogens with two attached hydrogens (primary N) is 1. The molecule has 3 aromatic rings. The van der Waals surface area contributed by atoms with Gasteiger partial charge in [-0.05, 0) is 17.2 Å². The predicted octanol–water partition coefficient (Wildman–Crippen LogP) is 2.40. The van der Waals surface area contributed by atoms with Crippen LogP contribution in [0.15, 0.2) is 60.8 Å². The number of benzene rings is 2. The van der Waals surface area contributed by atoms with Gasteiger partial charge < -0.3 is 14.4 Å². The first kappa shape index (κ1) is 19.3. The Balaban J connectivity index is 1.72. The second kappa shape index (κ2) is 8.47. The molecule has 0 saturated carbocycles. The van der Waals surface area contributed by atoms with Gasteiger partial charge in [-0.3, -0.25) is 4.84 Å². The molecule has 1 heterocycles. The van der Waals surface area contributed by atoms with Gasteiger partial charge in [-0.2, -0.15) is 5.48 Å². The summed E-state index contributed by atoms with van der Waals surface area (Å²) in [5, 5.41) is 0.931. The van der Waals surface area contributed by atoms with Crippen LogP contribution in [0.2, 0.25) is 0 Å². The summed E-state index contributed by atoms with van der Waals surface area (Å²) in [5.41, 5.74) is 10.2. The molecule has 0 saturated heterocycles. The second-order valence-corrected chi connectivity index (χ2v) is 7.29. The van der Waals surface area contributed by atoms with Gasteiger partial charge >= 0.3 is 13.7 Å². The van der Waals surface area contributed by atoms with Gasteiger partial charge in [-0.25, -0.2) is 14.9 Å². The minimum atomic E-state index is -4.46. The van der Waals surface area contributed by atoms with E-state index in [2.05, 4.69) is 15.0 Å². The predicted molar refractivity (Wildman–Crippen MR) is 100 cm³/mol. The van der Waals surface area contributed by atoms with Crippen molar-refractivity contribution in [3.8, 4) is 0 Å². The largest absolute Gasteiger partial charge is 0.455 e. The number of rotatable bonds is 8. The fourth-order valence-corrected chi connectivity index (χ4v) is 3.07. The average molecular weight is 389 g/mol. The number of carbonyl (C=O) groups is 1. The summed E-state index contributed by atoms with van der Waals surface area (Å²) in [6.07, 6.45) is 1.95. The first-order chi connectivity index (χ1) is 12.9. The molecular formula is C18H20N3O5P. The molecule has 0 radical (unpaired) electrons. The molecule has 1 aromatic heterocycles. The minimum Gasteiger partial charge on any atom is -0.379 e. The molecule has 0 aliphatic heterocycles. The third-order valence-electron chi connectivity index (χ3n) is 3.91. The van der Waals surface area contributed by atoms with Crippen molar-refractivity contribution < 1.29 is 23.6 Å². The molecule has 0 fully saturated rings. The lowest BCUT2D eigenvalue weighted by Crippen LogP contribution is -2.39. The topological polar surface area (TPSA) is 127 Å². The Bertz CT molecular complexity index is 954. The monoisotopic (exact) mass is 389 g/mol. The lowest BCUT2D eigenvalue weighted by atomic mass is 10.1. The molecule has 2 aromatic carbocycles. The van der Waals surface area contributed by atoms with Crippen LogP contribution in [0.25, 0.3) is 10.9 Å². The Morgan fingerprint density at radius 3 is 2.63 bits per heavy atom. The van der Waals surface area contributed by atoms with Crippen LogP contribution < -0.4 is 11.0 Å². The van der Waals surface area contributed by atoms with E-state index in [0.29, 0.717) is 0 Å². The summed E-state index contributed by atoms with van der Waals surface area (Å²) in [6.45, 7) is 0.206. The molecule has 0 aliphatic rings. The number of aromatic amines is 1. The van der Waals surface area contributed by atoms with Crippen LogP contribution in [0.4, 0.5) is 0 Å². The molecule has 0 bridgehead atoms. The number of para-hydroxylation sites is 1. The summed E-state index contributed by atoms with van der Waals surface area (Å²) in [7, 11) is -4.46. The number of H-pyrrole nitrogens is 1. The van der Waals surface area contributed by atoms with Crippen LogP contribution in [0.3, 0.4) is 0 Å². The second-order valence-electron chi connectivity index (χ2n) is 5.98. The summed E-state index contributed by atoms with van der Waals surface area (Å²) < 4.78 is 15.7. The molecule has 142 valence electrons. The molecule has 2 atom stereocenters. The van der Waals surface area contributed by atoms with Crippen LogP contribution in [0.1, 0.15) is 11.1 Å². The highest BCUT2D eigenvalue weighted by molar-refractivity contribution is 7.50. The van der Waals surface area contributed by atoms with Crippen LogP contribution in [-0.2, 0) is 31.7 Å². The van der Waals surface area contributed by atoms with Crippen molar-refractivity contribution in [1.29, 1.82) is 0 Å². The van der Waals surface area contributed by atoms with E-state index < -0.39 is 19.8 Å². The Labute approximate surface area is 155 Å². The maximum Gasteiger partial charge on any atom is 0.455 e. The Kier molecular flexibility index (Phi) is 6.05. The van der Waals surface area contributed by atoms with E-state index in [1.54, 1.807) is 6.20 Å². The zero-order valence-electron chi connectivity index (χ0n) is 14.4. The summed E-state index contributed by atoms with van der Waals surface area (Å²) in [5.74, 6) is -0.971. The quantitative estimate of drug-likeness (QED) is 0.344. The van der Waals surface area contributed by atoms with Crippen LogP contribution in [0.5, 0.6) is 0 Å². The molecule has 0 amide bonds. The van der Waals surface area contributed by atoms with Crippen molar-refractivity contribution in [2.45, 2.75) is 19.1 Å². The SMILES string of the molecule is NP(=O)(O)OC(=O)[C@@H](Cc1c[nH]c2ccccc12)NOCc1ccccc1. The number of carbonyl (C=O) groups excluding carboxylic acids is 1. The maximum absolute atomic E-state index is 12.3. The highest BCUT2D eigenvalue weighted by Gasteiger charge is 2.28. The van der Waals surface area contributed by atoms with Crippen LogP contribution in [-0.4, -0.2) is 21.9 Å². The summed E-state index contributed by atoms with van der Waals surface area (Å²) in [6, 6.07) is 15.9. The van der Waals surface area contributed by atoms with E-state index in [-0.39, 0.29) is 13.0 Å². The number of aromatic nitrogens is 1. The molecule has 1 unspecified atom stereocenters. The molecule has 27 heavy (non-hydrogen) atoms. The average Bonchev–Trinajstić information content (AvgIpc) is 3.03. The Morgan fingerprint density at radius 1 is 1.19 bits per heavy atom. The third-order valence-corrected chi connectivity index (χ3v) is 4.35. The van der Waals surface area contributed by atoms with Gasteiger partial charge in [0, 0.05) is 23.5 Å². The Morgan fingerprint density at radius 2 is 1.89 bits per heavy atom. The fourth-order valence-electron chi connectivity index (χ4n) is 2.69. The van der Waals surface area contributed by atoms with Crippen molar-refractivity contribution in [1.82, 2.24) is 10.5 Å². The van der Waals surface area contributed by atoms with Crippen LogP contribution >= 0.6 is 7.75 Å². The number of fused-ring (bicyclic) bond motifs is 1. The van der Waals surface area contributed by atoms with Gasteiger partial charge in [0.2, 0.25) is 0 Å². The number of hydrogen-bond acceptors (Lipinski definition) is 5. The van der Waals surface area contributed by atoms with Crippen LogP contribution in [0, 0.1) is 0 Å². The van der Waals surface area contributed by atoms with Gasteiger partial charge in [-0.15, -0.1) is 0 Å². The zero-order chi connectivity index (χ0) is 19.3. The molecule has 9 heteroatoms. The van der Waals surface area contributed by atoms with Gasteiger partial charge in [0.25, 0.3) is 0 Å². The summed E-state index contributed by atoms with van der Waals surface area (Å²) in [4.78, 5) is 29.9. The highest BCUT2D eigenvalue weighted by atomic mass is 31.2. The van der Waals surface area contributed by atoms with E-state index in [4.69, 9.17) is 15.2 Å². The van der Waals surface area contributed by atoms with Crippen molar-refractivity contribution in [3.63, 3.8) is 0 Å². The molecular weight excluding hydrogens is 369 g/mol. The third kappa shape index (κ3) is 5.50. The summed E-state index contributed by atoms with van der Waals surface area (Å²) >= 11 is 0. The lowest BCUT2D eigenvalue weighted by molar-refractivity contribution is -0.142. The van der Waals surface area contributed by atoms with Crippen molar-refractivity contribution >= 4 is 24.6 Å². The molecule has 3 rings (SSSR count). The smallest absolute Gasteiger partial charge is 0.379 e. The van der Waals surface area contributed by atoms with E-state index >= 15 is 0 Å². The first-order valence-electron chi connectivity index (χ1n) is 8.23. The van der Waals surface area contributed by atoms with E-state index in [9.17, 15) is 9.36 Å². The first-order valence-corrected chi connectivity index (χ1v) is 9.88. The van der Waals surface area contributed by atoms with E-state index in [1.807, 2.05) is 54.6 Å². The molecule has 8 nitrogen and oxygen atoms in total.